The normalized spacial score (nSPS) is 6.22. The van der Waals surface area contributed by atoms with Gasteiger partial charge in [0.15, 0.2) is 0 Å². The summed E-state index contributed by atoms with van der Waals surface area (Å²) in [7, 11) is 0. The Bertz CT molecular complexity index is 138. The van der Waals surface area contributed by atoms with Crippen molar-refractivity contribution in [1.82, 2.24) is 20.3 Å². The molecule has 46 valence electrons. The Morgan fingerprint density at radius 3 is 1.67 bits per heavy atom. The van der Waals surface area contributed by atoms with Gasteiger partial charge in [0.2, 0.25) is 4.91 Å². The van der Waals surface area contributed by atoms with Gasteiger partial charge in [-0.25, -0.2) is 0 Å². The van der Waals surface area contributed by atoms with E-state index in [0.717, 1.165) is 0 Å². The highest BCUT2D eigenvalue weighted by molar-refractivity contribution is 4.69. The van der Waals surface area contributed by atoms with Crippen LogP contribution < -0.4 is 4.91 Å². The Hall–Kier alpha value is -1.68. The molecule has 1 aromatic rings. The highest BCUT2D eigenvalue weighted by Gasteiger charge is 1.60. The Morgan fingerprint density at radius 1 is 1.11 bits per heavy atom. The predicted octanol–water partition coefficient (Wildman–Crippen LogP) is -0.0129. The molecule has 1 rings (SSSR count). The molecular weight excluding hydrogens is 120 g/mol. The van der Waals surface area contributed by atoms with Crippen LogP contribution in [0.15, 0.2) is 18.5 Å². The van der Waals surface area contributed by atoms with Crippen molar-refractivity contribution in [2.24, 2.45) is 0 Å². The lowest BCUT2D eigenvalue weighted by atomic mass is 10.7. The van der Waals surface area contributed by atoms with E-state index in [2.05, 4.69) is 15.4 Å². The summed E-state index contributed by atoms with van der Waals surface area (Å²) < 4.78 is 0. The van der Waals surface area contributed by atoms with E-state index in [1.165, 1.54) is 0 Å². The van der Waals surface area contributed by atoms with Gasteiger partial charge >= 0.3 is 0 Å². The number of nitrogens with one attached hydrogen (secondary N) is 2. The molecule has 0 spiro atoms. The minimum Gasteiger partial charge on any atom is -0.139 e. The number of rotatable bonds is 0. The lowest BCUT2D eigenvalue weighted by Gasteiger charge is -1.68. The van der Waals surface area contributed by atoms with Gasteiger partial charge in [0.25, 0.3) is 0 Å². The van der Waals surface area contributed by atoms with E-state index in [4.69, 9.17) is 11.1 Å². The summed E-state index contributed by atoms with van der Waals surface area (Å²) in [6.45, 7) is 0. The highest BCUT2D eigenvalue weighted by Crippen LogP contribution is 1.61. The third-order valence-electron chi connectivity index (χ3n) is 0.409. The summed E-state index contributed by atoms with van der Waals surface area (Å²) >= 11 is 0. The molecule has 0 aromatic carbocycles. The topological polar surface area (TPSA) is 100 Å². The number of hydrogen-bond acceptors (Lipinski definition) is 5. The van der Waals surface area contributed by atoms with Crippen molar-refractivity contribution in [3.63, 3.8) is 0 Å². The average molecular weight is 125 g/mol. The molecule has 6 heteroatoms. The van der Waals surface area contributed by atoms with Crippen LogP contribution in [0, 0.1) is 11.1 Å². The summed E-state index contributed by atoms with van der Waals surface area (Å²) in [6.07, 6.45) is 3.15. The molecule has 0 radical (unpaired) electrons. The highest BCUT2D eigenvalue weighted by atomic mass is 15.3. The lowest BCUT2D eigenvalue weighted by molar-refractivity contribution is 0.865. The van der Waals surface area contributed by atoms with Gasteiger partial charge in [0.05, 0.1) is 12.4 Å². The largest absolute Gasteiger partial charge is 0.211 e. The van der Waals surface area contributed by atoms with Gasteiger partial charge in [-0.2, -0.15) is 0 Å². The smallest absolute Gasteiger partial charge is 0.139 e. The van der Waals surface area contributed by atoms with Gasteiger partial charge in [0, 0.05) is 0 Å². The zero-order valence-corrected chi connectivity index (χ0v) is 4.52. The van der Waals surface area contributed by atoms with Crippen LogP contribution in [0.4, 0.5) is 0 Å². The second-order valence-electron chi connectivity index (χ2n) is 0.923. The summed E-state index contributed by atoms with van der Waals surface area (Å²) in [5.41, 5.74) is 11.0. The van der Waals surface area contributed by atoms with Gasteiger partial charge < -0.3 is 0 Å². The molecule has 9 heavy (non-hydrogen) atoms. The molecule has 1 heterocycles. The van der Waals surface area contributed by atoms with E-state index in [1.54, 1.807) is 18.5 Å². The van der Waals surface area contributed by atoms with Crippen molar-refractivity contribution in [3.8, 4) is 0 Å². The van der Waals surface area contributed by atoms with Crippen LogP contribution in [0.25, 0.3) is 0 Å². The predicted molar refractivity (Wildman–Crippen MR) is 27.4 cm³/mol. The third kappa shape index (κ3) is 6.32. The van der Waals surface area contributed by atoms with Crippen molar-refractivity contribution in [3.05, 3.63) is 18.5 Å². The molecule has 1 aromatic heterocycles. The molecule has 0 saturated heterocycles. The second kappa shape index (κ2) is 6.32. The van der Waals surface area contributed by atoms with Crippen molar-refractivity contribution in [2.45, 2.75) is 0 Å². The van der Waals surface area contributed by atoms with Crippen molar-refractivity contribution >= 4 is 0 Å². The fraction of sp³-hybridized carbons (Fsp3) is 0. The van der Waals surface area contributed by atoms with Crippen molar-refractivity contribution < 1.29 is 0 Å². The van der Waals surface area contributed by atoms with Gasteiger partial charge in [0.1, 0.15) is 11.1 Å². The lowest BCUT2D eigenvalue weighted by Crippen LogP contribution is -1.78. The molecule has 0 unspecified atom stereocenters. The van der Waals surface area contributed by atoms with E-state index in [9.17, 15) is 0 Å². The molecule has 0 aliphatic heterocycles. The fourth-order valence-corrected chi connectivity index (χ4v) is 0.205. The first-order valence-corrected chi connectivity index (χ1v) is 2.03. The zero-order valence-electron chi connectivity index (χ0n) is 4.52. The van der Waals surface area contributed by atoms with E-state index in [1.807, 2.05) is 4.91 Å². The Morgan fingerprint density at radius 2 is 1.56 bits per heavy atom. The Kier molecular flexibility index (Phi) is 5.14. The quantitative estimate of drug-likeness (QED) is 0.376. The Balaban J connectivity index is 0.000000187. The molecule has 0 aliphatic carbocycles. The van der Waals surface area contributed by atoms with Crippen LogP contribution in [0.1, 0.15) is 0 Å². The summed E-state index contributed by atoms with van der Waals surface area (Å²) in [5, 5.41) is 10.1. The molecule has 0 fully saturated rings. The maximum atomic E-state index is 5.50. The monoisotopic (exact) mass is 125 g/mol. The minimum absolute atomic E-state index is 1.58. The fourth-order valence-electron chi connectivity index (χ4n) is 0.205. The van der Waals surface area contributed by atoms with Crippen LogP contribution in [0.5, 0.6) is 0 Å². The molecule has 2 N–H and O–H groups in total. The molecular formula is C3H5N6+. The number of hydrogen-bond donors (Lipinski definition) is 2. The second-order valence-corrected chi connectivity index (χ2v) is 0.923. The Labute approximate surface area is 51.0 Å². The van der Waals surface area contributed by atoms with E-state index < -0.39 is 0 Å². The molecule has 0 bridgehead atoms. The SMILES string of the molecule is N=[N+]=N.c1cnnnc1. The van der Waals surface area contributed by atoms with Gasteiger partial charge in [-0.15, -0.1) is 10.2 Å². The number of aromatic nitrogens is 3. The first kappa shape index (κ1) is 7.32. The molecule has 0 saturated carbocycles. The van der Waals surface area contributed by atoms with Crippen molar-refractivity contribution in [1.29, 1.82) is 11.1 Å². The van der Waals surface area contributed by atoms with E-state index >= 15 is 0 Å². The van der Waals surface area contributed by atoms with E-state index in [0.29, 0.717) is 0 Å². The molecule has 0 amide bonds. The van der Waals surface area contributed by atoms with Gasteiger partial charge in [-0.1, -0.05) is 0 Å². The summed E-state index contributed by atoms with van der Waals surface area (Å²) in [6, 6.07) is 1.72. The van der Waals surface area contributed by atoms with Crippen LogP contribution >= 0.6 is 0 Å². The van der Waals surface area contributed by atoms with Crippen LogP contribution in [-0.4, -0.2) is 15.4 Å². The van der Waals surface area contributed by atoms with E-state index in [-0.39, 0.29) is 0 Å². The molecule has 0 aliphatic rings. The first-order chi connectivity index (χ1) is 4.41. The van der Waals surface area contributed by atoms with Gasteiger partial charge in [-0.3, -0.25) is 0 Å². The van der Waals surface area contributed by atoms with Crippen LogP contribution in [0.2, 0.25) is 0 Å². The third-order valence-corrected chi connectivity index (χ3v) is 0.409. The molecule has 0 atom stereocenters. The van der Waals surface area contributed by atoms with Crippen LogP contribution in [-0.2, 0) is 0 Å². The van der Waals surface area contributed by atoms with Gasteiger partial charge in [-0.05, 0) is 11.3 Å². The van der Waals surface area contributed by atoms with Crippen molar-refractivity contribution in [2.75, 3.05) is 0 Å². The first-order valence-electron chi connectivity index (χ1n) is 2.03. The summed E-state index contributed by atoms with van der Waals surface area (Å²) in [4.78, 5) is 2.00. The zero-order chi connectivity index (χ0) is 6.95. The minimum atomic E-state index is 1.58. The maximum Gasteiger partial charge on any atom is 0.211 e. The average Bonchev–Trinajstić information content (AvgIpc) is 1.93. The summed E-state index contributed by atoms with van der Waals surface area (Å²) in [5.74, 6) is 0. The number of nitrogens with zero attached hydrogens (tertiary/aromatic N) is 4. The van der Waals surface area contributed by atoms with Crippen LogP contribution in [0.3, 0.4) is 0 Å². The molecule has 6 nitrogen and oxygen atoms in total. The standard InChI is InChI=1S/C3H3N3.H2N3/c1-2-4-6-5-3-1;1-3-2/h1-3H;1-2H/q;+1. The maximum absolute atomic E-state index is 5.50.